The fourth-order valence-electron chi connectivity index (χ4n) is 2.33. The summed E-state index contributed by atoms with van der Waals surface area (Å²) in [4.78, 5) is 25.7. The molecule has 21 heavy (non-hydrogen) atoms. The Morgan fingerprint density at radius 3 is 2.29 bits per heavy atom. The summed E-state index contributed by atoms with van der Waals surface area (Å²) in [7, 11) is 0. The standard InChI is InChI=1S/C17H30N2O2/c1-13(2)12-16(21)19-10-7-14(8-11-19)18-15(20)6-9-17(3,4)5/h6,9,13-14H,7-8,10-12H2,1-5H3,(H,18,20). The van der Waals surface area contributed by atoms with Crippen LogP contribution in [0.15, 0.2) is 12.2 Å². The summed E-state index contributed by atoms with van der Waals surface area (Å²) in [6, 6.07) is 0.185. The smallest absolute Gasteiger partial charge is 0.243 e. The molecule has 0 atom stereocenters. The fourth-order valence-corrected chi connectivity index (χ4v) is 2.33. The molecular formula is C17H30N2O2. The highest BCUT2D eigenvalue weighted by Crippen LogP contribution is 2.15. The number of hydrogen-bond acceptors (Lipinski definition) is 2. The highest BCUT2D eigenvalue weighted by Gasteiger charge is 2.23. The van der Waals surface area contributed by atoms with Crippen molar-refractivity contribution < 1.29 is 9.59 Å². The maximum absolute atomic E-state index is 12.0. The molecule has 0 aromatic rings. The zero-order valence-electron chi connectivity index (χ0n) is 14.1. The molecule has 1 rings (SSSR count). The van der Waals surface area contributed by atoms with E-state index in [1.165, 1.54) is 0 Å². The van der Waals surface area contributed by atoms with Crippen molar-refractivity contribution in [3.8, 4) is 0 Å². The first-order valence-corrected chi connectivity index (χ1v) is 7.95. The summed E-state index contributed by atoms with van der Waals surface area (Å²) >= 11 is 0. The molecule has 2 amide bonds. The number of allylic oxidation sites excluding steroid dienone is 1. The number of amides is 2. The minimum Gasteiger partial charge on any atom is -0.350 e. The Labute approximate surface area is 129 Å². The van der Waals surface area contributed by atoms with E-state index in [9.17, 15) is 9.59 Å². The average molecular weight is 294 g/mol. The zero-order chi connectivity index (χ0) is 16.0. The van der Waals surface area contributed by atoms with Gasteiger partial charge in [-0.1, -0.05) is 40.7 Å². The van der Waals surface area contributed by atoms with Crippen molar-refractivity contribution in [3.05, 3.63) is 12.2 Å². The first-order valence-electron chi connectivity index (χ1n) is 7.95. The van der Waals surface area contributed by atoms with Crippen LogP contribution in [-0.4, -0.2) is 35.8 Å². The van der Waals surface area contributed by atoms with Gasteiger partial charge in [0.05, 0.1) is 0 Å². The number of nitrogens with one attached hydrogen (secondary N) is 1. The van der Waals surface area contributed by atoms with E-state index in [4.69, 9.17) is 0 Å². The molecule has 0 aliphatic carbocycles. The molecule has 4 heteroatoms. The van der Waals surface area contributed by atoms with Gasteiger partial charge in [-0.2, -0.15) is 0 Å². The number of carbonyl (C=O) groups excluding carboxylic acids is 2. The molecule has 0 bridgehead atoms. The maximum atomic E-state index is 12.0. The quantitative estimate of drug-likeness (QED) is 0.811. The number of likely N-dealkylation sites (tertiary alicyclic amines) is 1. The van der Waals surface area contributed by atoms with Crippen LogP contribution in [0.1, 0.15) is 53.9 Å². The largest absolute Gasteiger partial charge is 0.350 e. The summed E-state index contributed by atoms with van der Waals surface area (Å²) in [5, 5.41) is 3.03. The zero-order valence-corrected chi connectivity index (χ0v) is 14.1. The molecule has 0 radical (unpaired) electrons. The van der Waals surface area contributed by atoms with Crippen molar-refractivity contribution in [2.24, 2.45) is 11.3 Å². The first kappa shape index (κ1) is 17.7. The van der Waals surface area contributed by atoms with Crippen LogP contribution in [0.25, 0.3) is 0 Å². The summed E-state index contributed by atoms with van der Waals surface area (Å²) in [6.07, 6.45) is 5.85. The molecule has 1 N–H and O–H groups in total. The molecular weight excluding hydrogens is 264 g/mol. The van der Waals surface area contributed by atoms with Crippen molar-refractivity contribution in [1.82, 2.24) is 10.2 Å². The Morgan fingerprint density at radius 2 is 1.81 bits per heavy atom. The molecule has 0 spiro atoms. The van der Waals surface area contributed by atoms with Crippen molar-refractivity contribution in [2.75, 3.05) is 13.1 Å². The van der Waals surface area contributed by atoms with Crippen LogP contribution in [0.4, 0.5) is 0 Å². The normalized spacial score (nSPS) is 17.5. The third-order valence-electron chi connectivity index (χ3n) is 3.51. The van der Waals surface area contributed by atoms with E-state index in [2.05, 4.69) is 39.9 Å². The molecule has 4 nitrogen and oxygen atoms in total. The Bertz CT molecular complexity index is 386. The minimum absolute atomic E-state index is 0.0178. The molecule has 0 aromatic carbocycles. The second kappa shape index (κ2) is 7.62. The van der Waals surface area contributed by atoms with Crippen LogP contribution in [0, 0.1) is 11.3 Å². The van der Waals surface area contributed by atoms with Gasteiger partial charge in [0.15, 0.2) is 0 Å². The topological polar surface area (TPSA) is 49.4 Å². The van der Waals surface area contributed by atoms with E-state index in [1.54, 1.807) is 6.08 Å². The number of piperidine rings is 1. The van der Waals surface area contributed by atoms with Gasteiger partial charge in [0.25, 0.3) is 0 Å². The van der Waals surface area contributed by atoms with Crippen molar-refractivity contribution in [2.45, 2.75) is 59.9 Å². The average Bonchev–Trinajstić information content (AvgIpc) is 2.35. The fraction of sp³-hybridized carbons (Fsp3) is 0.765. The predicted octanol–water partition coefficient (Wildman–Crippen LogP) is 2.74. The lowest BCUT2D eigenvalue weighted by Crippen LogP contribution is -2.46. The predicted molar refractivity (Wildman–Crippen MR) is 85.8 cm³/mol. The van der Waals surface area contributed by atoms with Crippen LogP contribution in [0.5, 0.6) is 0 Å². The molecule has 0 aromatic heterocycles. The summed E-state index contributed by atoms with van der Waals surface area (Å²) in [5.41, 5.74) is 0.0178. The van der Waals surface area contributed by atoms with Crippen molar-refractivity contribution in [1.29, 1.82) is 0 Å². The van der Waals surface area contributed by atoms with Crippen LogP contribution in [0.2, 0.25) is 0 Å². The van der Waals surface area contributed by atoms with Gasteiger partial charge in [-0.25, -0.2) is 0 Å². The van der Waals surface area contributed by atoms with Gasteiger partial charge < -0.3 is 10.2 Å². The number of nitrogens with zero attached hydrogens (tertiary/aromatic N) is 1. The molecule has 0 unspecified atom stereocenters. The molecule has 1 aliphatic rings. The van der Waals surface area contributed by atoms with Crippen LogP contribution in [-0.2, 0) is 9.59 Å². The summed E-state index contributed by atoms with van der Waals surface area (Å²) < 4.78 is 0. The second-order valence-corrected chi connectivity index (χ2v) is 7.46. The monoisotopic (exact) mass is 294 g/mol. The minimum atomic E-state index is -0.0307. The summed E-state index contributed by atoms with van der Waals surface area (Å²) in [6.45, 7) is 11.8. The van der Waals surface area contributed by atoms with Gasteiger partial charge in [-0.3, -0.25) is 9.59 Å². The number of carbonyl (C=O) groups is 2. The van der Waals surface area contributed by atoms with Crippen molar-refractivity contribution in [3.63, 3.8) is 0 Å². The van der Waals surface area contributed by atoms with Gasteiger partial charge in [0.2, 0.25) is 11.8 Å². The lowest BCUT2D eigenvalue weighted by atomic mass is 9.96. The van der Waals surface area contributed by atoms with Crippen LogP contribution in [0.3, 0.4) is 0 Å². The highest BCUT2D eigenvalue weighted by molar-refractivity contribution is 5.87. The molecule has 1 heterocycles. The van der Waals surface area contributed by atoms with Gasteiger partial charge in [0, 0.05) is 25.6 Å². The van der Waals surface area contributed by atoms with E-state index < -0.39 is 0 Å². The lowest BCUT2D eigenvalue weighted by Gasteiger charge is -2.32. The number of rotatable bonds is 4. The molecule has 1 saturated heterocycles. The number of hydrogen-bond donors (Lipinski definition) is 1. The maximum Gasteiger partial charge on any atom is 0.243 e. The SMILES string of the molecule is CC(C)CC(=O)N1CCC(NC(=O)C=CC(C)(C)C)CC1. The highest BCUT2D eigenvalue weighted by atomic mass is 16.2. The van der Waals surface area contributed by atoms with Gasteiger partial charge in [-0.05, 0) is 30.3 Å². The first-order chi connectivity index (χ1) is 9.67. The van der Waals surface area contributed by atoms with E-state index in [0.29, 0.717) is 12.3 Å². The third kappa shape index (κ3) is 7.30. The van der Waals surface area contributed by atoms with E-state index in [0.717, 1.165) is 25.9 Å². The Morgan fingerprint density at radius 1 is 1.24 bits per heavy atom. The second-order valence-electron chi connectivity index (χ2n) is 7.46. The Kier molecular flexibility index (Phi) is 6.43. The lowest BCUT2D eigenvalue weighted by molar-refractivity contribution is -0.133. The molecule has 1 fully saturated rings. The van der Waals surface area contributed by atoms with Crippen molar-refractivity contribution >= 4 is 11.8 Å². The van der Waals surface area contributed by atoms with E-state index >= 15 is 0 Å². The van der Waals surface area contributed by atoms with Gasteiger partial charge in [0.1, 0.15) is 0 Å². The molecule has 120 valence electrons. The molecule has 1 aliphatic heterocycles. The molecule has 0 saturated carbocycles. The van der Waals surface area contributed by atoms with Gasteiger partial charge >= 0.3 is 0 Å². The Balaban J connectivity index is 2.35. The van der Waals surface area contributed by atoms with Gasteiger partial charge in [-0.15, -0.1) is 0 Å². The van der Waals surface area contributed by atoms with Crippen LogP contribution < -0.4 is 5.32 Å². The van der Waals surface area contributed by atoms with E-state index in [1.807, 2.05) is 11.0 Å². The summed E-state index contributed by atoms with van der Waals surface area (Å²) in [5.74, 6) is 0.608. The third-order valence-corrected chi connectivity index (χ3v) is 3.51. The van der Waals surface area contributed by atoms with E-state index in [-0.39, 0.29) is 23.3 Å². The Hall–Kier alpha value is -1.32. The van der Waals surface area contributed by atoms with Crippen LogP contribution >= 0.6 is 0 Å².